The van der Waals surface area contributed by atoms with E-state index in [0.29, 0.717) is 0 Å². The molecule has 1 radical (unpaired) electrons. The molecule has 0 saturated heterocycles. The Balaban J connectivity index is 2.88. The minimum Gasteiger partial charge on any atom is -0.403 e. The van der Waals surface area contributed by atoms with Crippen LogP contribution in [0, 0.1) is 10.1 Å². The van der Waals surface area contributed by atoms with Crippen molar-refractivity contribution < 1.29 is 14.4 Å². The van der Waals surface area contributed by atoms with E-state index in [0.717, 1.165) is 6.07 Å². The van der Waals surface area contributed by atoms with Crippen molar-refractivity contribution in [2.75, 3.05) is 0 Å². The van der Waals surface area contributed by atoms with Crippen molar-refractivity contribution in [1.29, 1.82) is 0 Å². The average Bonchev–Trinajstić information content (AvgIpc) is 2.34. The Kier molecular flexibility index (Phi) is 1.68. The van der Waals surface area contributed by atoms with E-state index in [4.69, 9.17) is 0 Å². The quantitative estimate of drug-likeness (QED) is 0.458. The molecule has 0 aliphatic carbocycles. The summed E-state index contributed by atoms with van der Waals surface area (Å²) in [6, 6.07) is 2.46. The molecule has 53 valence electrons. The summed E-state index contributed by atoms with van der Waals surface area (Å²) in [6.45, 7) is -0.562. The van der Waals surface area contributed by atoms with E-state index < -0.39 is 11.5 Å². The Hall–Kier alpha value is -1.36. The van der Waals surface area contributed by atoms with E-state index in [2.05, 4.69) is 4.42 Å². The van der Waals surface area contributed by atoms with Crippen molar-refractivity contribution >= 4 is 5.88 Å². The van der Waals surface area contributed by atoms with Gasteiger partial charge in [-0.05, 0) is 6.07 Å². The van der Waals surface area contributed by atoms with Gasteiger partial charge in [0.15, 0.2) is 0 Å². The molecule has 0 unspecified atom stereocenters. The van der Waals surface area contributed by atoms with Crippen molar-refractivity contribution in [3.63, 3.8) is 0 Å². The molecule has 0 saturated carbocycles. The fourth-order valence-corrected chi connectivity index (χ4v) is 0.542. The molecule has 0 aromatic carbocycles. The van der Waals surface area contributed by atoms with Gasteiger partial charge in [0.25, 0.3) is 0 Å². The van der Waals surface area contributed by atoms with Crippen LogP contribution in [-0.2, 0) is 11.7 Å². The highest BCUT2D eigenvalue weighted by molar-refractivity contribution is 5.16. The maximum Gasteiger partial charge on any atom is 0.433 e. The summed E-state index contributed by atoms with van der Waals surface area (Å²) < 4.78 is 4.48. The van der Waals surface area contributed by atoms with Crippen LogP contribution in [0.2, 0.25) is 0 Å². The smallest absolute Gasteiger partial charge is 0.403 e. The predicted octanol–water partition coefficient (Wildman–Crippen LogP) is 1.12. The van der Waals surface area contributed by atoms with Crippen LogP contribution < -0.4 is 0 Å². The molecule has 1 aromatic heterocycles. The zero-order valence-corrected chi connectivity index (χ0v) is 4.94. The van der Waals surface area contributed by atoms with Gasteiger partial charge in [0.1, 0.15) is 17.3 Å². The Morgan fingerprint density at radius 2 is 2.30 bits per heavy atom. The summed E-state index contributed by atoms with van der Waals surface area (Å²) in [5.74, 6) is -0.294. The number of rotatable bonds is 2. The van der Waals surface area contributed by atoms with Crippen LogP contribution in [0.25, 0.3) is 0 Å². The molecule has 1 rings (SSSR count). The minimum atomic E-state index is -0.681. The molecule has 1 heterocycles. The van der Waals surface area contributed by atoms with E-state index >= 15 is 0 Å². The minimum absolute atomic E-state index is 0.0895. The van der Waals surface area contributed by atoms with Crippen LogP contribution in [0.3, 0.4) is 0 Å². The predicted molar refractivity (Wildman–Crippen MR) is 29.8 cm³/mol. The first-order valence-corrected chi connectivity index (χ1v) is 2.55. The maximum absolute atomic E-state index is 10.1. The molecule has 5 heteroatoms. The fraction of sp³-hybridized carbons (Fsp3) is 0.200. The highest BCUT2D eigenvalue weighted by Crippen LogP contribution is 2.14. The summed E-state index contributed by atoms with van der Waals surface area (Å²) in [5.41, 5.74) is 0. The fourth-order valence-electron chi connectivity index (χ4n) is 0.542. The molecule has 10 heavy (non-hydrogen) atoms. The summed E-state index contributed by atoms with van der Waals surface area (Å²) in [7, 11) is 0. The average molecular weight is 142 g/mol. The Morgan fingerprint density at radius 1 is 1.60 bits per heavy atom. The van der Waals surface area contributed by atoms with Crippen LogP contribution in [0.4, 0.5) is 5.88 Å². The van der Waals surface area contributed by atoms with Crippen LogP contribution in [-0.4, -0.2) is 4.92 Å². The second-order valence-electron chi connectivity index (χ2n) is 1.64. The molecule has 0 N–H and O–H groups in total. The normalized spacial score (nSPS) is 9.70. The Morgan fingerprint density at radius 3 is 2.60 bits per heavy atom. The summed E-state index contributed by atoms with van der Waals surface area (Å²) >= 11 is 0. The van der Waals surface area contributed by atoms with E-state index in [1.54, 1.807) is 0 Å². The van der Waals surface area contributed by atoms with E-state index in [-0.39, 0.29) is 11.6 Å². The molecule has 0 aliphatic rings. The van der Waals surface area contributed by atoms with Gasteiger partial charge in [-0.3, -0.25) is 10.1 Å². The van der Waals surface area contributed by atoms with Crippen LogP contribution in [0.5, 0.6) is 0 Å². The molecule has 0 fully saturated rings. The topological polar surface area (TPSA) is 76.2 Å². The maximum atomic E-state index is 10.1. The summed E-state index contributed by atoms with van der Waals surface area (Å²) in [6.07, 6.45) is 0. The zero-order chi connectivity index (χ0) is 7.56. The second kappa shape index (κ2) is 2.49. The lowest BCUT2D eigenvalue weighted by Crippen LogP contribution is -1.83. The monoisotopic (exact) mass is 142 g/mol. The molecule has 1 aromatic rings. The van der Waals surface area contributed by atoms with E-state index in [9.17, 15) is 15.2 Å². The number of hydrogen-bond acceptors (Lipinski definition) is 3. The highest BCUT2D eigenvalue weighted by atomic mass is 16.6. The SMILES string of the molecule is [O]Cc1ccc([N+](=O)[O-])o1. The van der Waals surface area contributed by atoms with Gasteiger partial charge >= 0.3 is 5.88 Å². The molecule has 5 nitrogen and oxygen atoms in total. The van der Waals surface area contributed by atoms with Crippen molar-refractivity contribution in [2.45, 2.75) is 6.61 Å². The molecule has 0 bridgehead atoms. The first kappa shape index (κ1) is 6.76. The van der Waals surface area contributed by atoms with Crippen LogP contribution in [0.15, 0.2) is 16.5 Å². The summed E-state index contributed by atoms with van der Waals surface area (Å²) in [4.78, 5) is 9.26. The molecule has 0 atom stereocenters. The molecular weight excluding hydrogens is 138 g/mol. The van der Waals surface area contributed by atoms with E-state index in [1.807, 2.05) is 0 Å². The Bertz CT molecular complexity index is 242. The van der Waals surface area contributed by atoms with Crippen molar-refractivity contribution in [3.05, 3.63) is 28.0 Å². The second-order valence-corrected chi connectivity index (χ2v) is 1.64. The van der Waals surface area contributed by atoms with Gasteiger partial charge in [-0.25, -0.2) is 5.11 Å². The first-order valence-electron chi connectivity index (χ1n) is 2.55. The Labute approximate surface area is 56.0 Å². The van der Waals surface area contributed by atoms with Gasteiger partial charge in [0, 0.05) is 0 Å². The number of nitrogens with zero attached hydrogens (tertiary/aromatic N) is 1. The highest BCUT2D eigenvalue weighted by Gasteiger charge is 2.10. The number of furan rings is 1. The van der Waals surface area contributed by atoms with E-state index in [1.165, 1.54) is 6.07 Å². The van der Waals surface area contributed by atoms with Gasteiger partial charge in [-0.1, -0.05) is 0 Å². The van der Waals surface area contributed by atoms with Gasteiger partial charge in [0.2, 0.25) is 0 Å². The van der Waals surface area contributed by atoms with Gasteiger partial charge in [-0.15, -0.1) is 0 Å². The van der Waals surface area contributed by atoms with Crippen LogP contribution >= 0.6 is 0 Å². The van der Waals surface area contributed by atoms with Gasteiger partial charge < -0.3 is 4.42 Å². The lowest BCUT2D eigenvalue weighted by atomic mass is 10.5. The standard InChI is InChI=1S/C5H4NO4/c7-3-4-1-2-5(10-4)6(8)9/h1-2H,3H2. The van der Waals surface area contributed by atoms with Gasteiger partial charge in [0.05, 0.1) is 6.07 Å². The zero-order valence-electron chi connectivity index (χ0n) is 4.94. The summed E-state index contributed by atoms with van der Waals surface area (Å²) in [5, 5.41) is 20.0. The third-order valence-electron chi connectivity index (χ3n) is 0.970. The van der Waals surface area contributed by atoms with Crippen molar-refractivity contribution in [3.8, 4) is 0 Å². The third kappa shape index (κ3) is 1.14. The molecule has 0 aliphatic heterocycles. The van der Waals surface area contributed by atoms with Crippen LogP contribution in [0.1, 0.15) is 5.76 Å². The lowest BCUT2D eigenvalue weighted by Gasteiger charge is -1.81. The van der Waals surface area contributed by atoms with Crippen molar-refractivity contribution in [2.24, 2.45) is 0 Å². The first-order chi connectivity index (χ1) is 4.74. The lowest BCUT2D eigenvalue weighted by molar-refractivity contribution is -0.402. The van der Waals surface area contributed by atoms with Gasteiger partial charge in [-0.2, -0.15) is 0 Å². The number of hydrogen-bond donors (Lipinski definition) is 0. The number of nitro groups is 1. The molecule has 0 amide bonds. The largest absolute Gasteiger partial charge is 0.433 e. The molecular formula is C5H4NO4. The van der Waals surface area contributed by atoms with Crippen molar-refractivity contribution in [1.82, 2.24) is 0 Å². The third-order valence-corrected chi connectivity index (χ3v) is 0.970. The molecule has 0 spiro atoms.